The molecule has 0 saturated carbocycles. The van der Waals surface area contributed by atoms with Gasteiger partial charge in [0.25, 0.3) is 5.91 Å². The number of hydrogen-bond acceptors (Lipinski definition) is 2. The second-order valence-corrected chi connectivity index (χ2v) is 7.16. The lowest BCUT2D eigenvalue weighted by molar-refractivity contribution is 0.0922. The van der Waals surface area contributed by atoms with Gasteiger partial charge in [-0.2, -0.15) is 0 Å². The Balaban J connectivity index is 1.63. The molecule has 1 amide bonds. The van der Waals surface area contributed by atoms with E-state index in [0.29, 0.717) is 17.3 Å². The van der Waals surface area contributed by atoms with Crippen LogP contribution in [-0.2, 0) is 7.05 Å². The summed E-state index contributed by atoms with van der Waals surface area (Å²) in [5.74, 6) is 0.674. The molecule has 1 aliphatic rings. The van der Waals surface area contributed by atoms with Crippen molar-refractivity contribution in [3.63, 3.8) is 0 Å². The van der Waals surface area contributed by atoms with Crippen LogP contribution in [0.25, 0.3) is 10.9 Å². The zero-order chi connectivity index (χ0) is 16.8. The first kappa shape index (κ1) is 15.5. The Hall–Kier alpha value is -1.98. The van der Waals surface area contributed by atoms with Gasteiger partial charge in [-0.15, -0.1) is 0 Å². The van der Waals surface area contributed by atoms with Gasteiger partial charge >= 0.3 is 0 Å². The van der Waals surface area contributed by atoms with Crippen molar-refractivity contribution < 1.29 is 9.53 Å². The molecule has 1 aromatic heterocycles. The van der Waals surface area contributed by atoms with E-state index in [1.807, 2.05) is 54.1 Å². The van der Waals surface area contributed by atoms with Gasteiger partial charge in [-0.3, -0.25) is 4.79 Å². The molecule has 1 atom stereocenters. The van der Waals surface area contributed by atoms with E-state index in [-0.39, 0.29) is 11.9 Å². The third-order valence-corrected chi connectivity index (χ3v) is 5.03. The fourth-order valence-corrected chi connectivity index (χ4v) is 3.56. The van der Waals surface area contributed by atoms with Gasteiger partial charge in [0, 0.05) is 33.0 Å². The molecule has 0 fully saturated rings. The number of aryl methyl sites for hydroxylation is 1. The van der Waals surface area contributed by atoms with Crippen LogP contribution >= 0.6 is 27.5 Å². The van der Waals surface area contributed by atoms with Gasteiger partial charge in [0.2, 0.25) is 0 Å². The highest BCUT2D eigenvalue weighted by atomic mass is 79.9. The van der Waals surface area contributed by atoms with Gasteiger partial charge in [-0.05, 0) is 30.3 Å². The number of rotatable bonds is 2. The maximum absolute atomic E-state index is 12.7. The fourth-order valence-electron chi connectivity index (χ4n) is 3.06. The molecular weight excluding hydrogens is 392 g/mol. The van der Waals surface area contributed by atoms with E-state index in [1.54, 1.807) is 0 Å². The Morgan fingerprint density at radius 2 is 2.12 bits per heavy atom. The number of hydrogen-bond donors (Lipinski definition) is 1. The van der Waals surface area contributed by atoms with Crippen LogP contribution in [-0.4, -0.2) is 17.1 Å². The predicted molar refractivity (Wildman–Crippen MR) is 97.8 cm³/mol. The van der Waals surface area contributed by atoms with Crippen molar-refractivity contribution in [1.29, 1.82) is 0 Å². The molecule has 0 bridgehead atoms. The summed E-state index contributed by atoms with van der Waals surface area (Å²) >= 11 is 9.48. The molecule has 4 nitrogen and oxygen atoms in total. The fraction of sp³-hybridized carbons (Fsp3) is 0.167. The molecule has 0 spiro atoms. The second-order valence-electron chi connectivity index (χ2n) is 5.81. The van der Waals surface area contributed by atoms with E-state index in [4.69, 9.17) is 16.3 Å². The van der Waals surface area contributed by atoms with Gasteiger partial charge in [0.05, 0.1) is 6.04 Å². The smallest absolute Gasteiger partial charge is 0.268 e. The van der Waals surface area contributed by atoms with E-state index in [9.17, 15) is 4.79 Å². The molecule has 6 heteroatoms. The average Bonchev–Trinajstić information content (AvgIpc) is 3.09. The van der Waals surface area contributed by atoms with Gasteiger partial charge in [0.15, 0.2) is 0 Å². The number of carbonyl (C=O) groups excluding carboxylic acids is 1. The molecule has 1 N–H and O–H groups in total. The molecule has 122 valence electrons. The maximum atomic E-state index is 12.7. The lowest BCUT2D eigenvalue weighted by Crippen LogP contribution is -2.30. The number of fused-ring (bicyclic) bond motifs is 2. The normalized spacial score (nSPS) is 16.0. The molecule has 0 saturated heterocycles. The summed E-state index contributed by atoms with van der Waals surface area (Å²) in [6, 6.07) is 13.2. The minimum Gasteiger partial charge on any atom is -0.491 e. The number of aromatic nitrogens is 1. The predicted octanol–water partition coefficient (Wildman–Crippen LogP) is 4.46. The number of nitrogens with zero attached hydrogens (tertiary/aromatic N) is 1. The molecule has 2 aromatic carbocycles. The van der Waals surface area contributed by atoms with Gasteiger partial charge in [-0.1, -0.05) is 39.7 Å². The highest BCUT2D eigenvalue weighted by molar-refractivity contribution is 9.10. The number of amides is 1. The summed E-state index contributed by atoms with van der Waals surface area (Å²) in [5, 5.41) is 4.69. The zero-order valence-corrected chi connectivity index (χ0v) is 15.2. The van der Waals surface area contributed by atoms with E-state index in [0.717, 1.165) is 26.7 Å². The zero-order valence-electron chi connectivity index (χ0n) is 12.8. The number of carbonyl (C=O) groups is 1. The van der Waals surface area contributed by atoms with Gasteiger partial charge in [0.1, 0.15) is 18.1 Å². The van der Waals surface area contributed by atoms with E-state index in [2.05, 4.69) is 21.2 Å². The summed E-state index contributed by atoms with van der Waals surface area (Å²) in [5.41, 5.74) is 2.52. The third-order valence-electron chi connectivity index (χ3n) is 4.30. The van der Waals surface area contributed by atoms with E-state index in [1.165, 1.54) is 0 Å². The second kappa shape index (κ2) is 5.83. The highest BCUT2D eigenvalue weighted by Crippen LogP contribution is 2.34. The van der Waals surface area contributed by atoms with Crippen LogP contribution in [0.3, 0.4) is 0 Å². The molecular formula is C18H14BrClN2O2. The Morgan fingerprint density at radius 3 is 2.96 bits per heavy atom. The molecule has 1 aliphatic heterocycles. The van der Waals surface area contributed by atoms with Crippen molar-refractivity contribution in [2.45, 2.75) is 6.04 Å². The van der Waals surface area contributed by atoms with Crippen LogP contribution < -0.4 is 10.1 Å². The average molecular weight is 406 g/mol. The van der Waals surface area contributed by atoms with E-state index >= 15 is 0 Å². The first-order valence-corrected chi connectivity index (χ1v) is 8.68. The lowest BCUT2D eigenvalue weighted by Gasteiger charge is -2.12. The Bertz CT molecular complexity index is 967. The molecule has 0 aliphatic carbocycles. The van der Waals surface area contributed by atoms with Crippen molar-refractivity contribution in [2.75, 3.05) is 6.61 Å². The largest absolute Gasteiger partial charge is 0.491 e. The molecule has 1 unspecified atom stereocenters. The summed E-state index contributed by atoms with van der Waals surface area (Å²) in [6.07, 6.45) is 0. The minimum atomic E-state index is -0.151. The SMILES string of the molecule is Cn1c(C(=O)NC2COc3cc(Br)ccc32)cc2ccc(Cl)cc21. The monoisotopic (exact) mass is 404 g/mol. The van der Waals surface area contributed by atoms with Crippen LogP contribution in [0.2, 0.25) is 5.02 Å². The van der Waals surface area contributed by atoms with Crippen molar-refractivity contribution in [3.05, 3.63) is 63.2 Å². The summed E-state index contributed by atoms with van der Waals surface area (Å²) in [6.45, 7) is 0.438. The van der Waals surface area contributed by atoms with E-state index < -0.39 is 0 Å². The summed E-state index contributed by atoms with van der Waals surface area (Å²) < 4.78 is 8.48. The molecule has 0 radical (unpaired) electrons. The van der Waals surface area contributed by atoms with Crippen LogP contribution in [0.1, 0.15) is 22.1 Å². The molecule has 3 aromatic rings. The first-order chi connectivity index (χ1) is 11.5. The lowest BCUT2D eigenvalue weighted by atomic mass is 10.1. The van der Waals surface area contributed by atoms with Crippen molar-refractivity contribution in [2.24, 2.45) is 7.05 Å². The van der Waals surface area contributed by atoms with Crippen molar-refractivity contribution in [1.82, 2.24) is 9.88 Å². The Labute approximate surface area is 152 Å². The topological polar surface area (TPSA) is 43.3 Å². The molecule has 2 heterocycles. The van der Waals surface area contributed by atoms with Crippen LogP contribution in [0.4, 0.5) is 0 Å². The Kier molecular flexibility index (Phi) is 3.77. The number of ether oxygens (including phenoxy) is 1. The van der Waals surface area contributed by atoms with Gasteiger partial charge in [-0.25, -0.2) is 0 Å². The maximum Gasteiger partial charge on any atom is 0.268 e. The molecule has 4 rings (SSSR count). The van der Waals surface area contributed by atoms with Crippen molar-refractivity contribution >= 4 is 44.3 Å². The number of halogens is 2. The van der Waals surface area contributed by atoms with Crippen molar-refractivity contribution in [3.8, 4) is 5.75 Å². The molecule has 24 heavy (non-hydrogen) atoms. The quantitative estimate of drug-likeness (QED) is 0.684. The number of nitrogens with one attached hydrogen (secondary N) is 1. The minimum absolute atomic E-state index is 0.130. The van der Waals surface area contributed by atoms with Crippen LogP contribution in [0.5, 0.6) is 5.75 Å². The first-order valence-electron chi connectivity index (χ1n) is 7.51. The number of benzene rings is 2. The summed E-state index contributed by atoms with van der Waals surface area (Å²) in [4.78, 5) is 12.7. The van der Waals surface area contributed by atoms with Gasteiger partial charge < -0.3 is 14.6 Å². The third kappa shape index (κ3) is 2.58. The van der Waals surface area contributed by atoms with Crippen LogP contribution in [0.15, 0.2) is 46.9 Å². The van der Waals surface area contributed by atoms with Crippen LogP contribution in [0, 0.1) is 0 Å². The Morgan fingerprint density at radius 1 is 1.29 bits per heavy atom. The summed E-state index contributed by atoms with van der Waals surface area (Å²) in [7, 11) is 1.86. The standard InChI is InChI=1S/C18H14BrClN2O2/c1-22-15-8-12(20)4-2-10(15)6-16(22)18(23)21-14-9-24-17-7-11(19)3-5-13(14)17/h2-8,14H,9H2,1H3,(H,21,23). The highest BCUT2D eigenvalue weighted by Gasteiger charge is 2.27.